The molecular weight excluding hydrogens is 256 g/mol. The Balaban J connectivity index is 4.89. The summed E-state index contributed by atoms with van der Waals surface area (Å²) >= 11 is 0. The van der Waals surface area contributed by atoms with E-state index in [2.05, 4.69) is 0 Å². The monoisotopic (exact) mass is 288 g/mol. The summed E-state index contributed by atoms with van der Waals surface area (Å²) in [6.45, 7) is 14.2. The third-order valence-electron chi connectivity index (χ3n) is 4.31. The van der Waals surface area contributed by atoms with E-state index in [4.69, 9.17) is 9.47 Å². The number of carbonyl (C=O) groups is 1. The van der Waals surface area contributed by atoms with Gasteiger partial charge in [-0.15, -0.1) is 0 Å². The van der Waals surface area contributed by atoms with Crippen molar-refractivity contribution in [3.63, 3.8) is 0 Å². The van der Waals surface area contributed by atoms with Gasteiger partial charge in [-0.05, 0) is 47.0 Å². The summed E-state index contributed by atoms with van der Waals surface area (Å²) in [5.74, 6) is -0.848. The second-order valence-corrected chi connectivity index (χ2v) is 6.74. The fraction of sp³-hybridized carbons (Fsp3) is 0.938. The van der Waals surface area contributed by atoms with Gasteiger partial charge in [0, 0.05) is 0 Å². The summed E-state index contributed by atoms with van der Waals surface area (Å²) in [6, 6.07) is 0. The van der Waals surface area contributed by atoms with Gasteiger partial charge >= 0.3 is 5.97 Å². The lowest BCUT2D eigenvalue weighted by atomic mass is 9.86. The van der Waals surface area contributed by atoms with Crippen molar-refractivity contribution >= 4 is 5.97 Å². The lowest BCUT2D eigenvalue weighted by Crippen LogP contribution is -2.44. The van der Waals surface area contributed by atoms with Gasteiger partial charge in [0.25, 0.3) is 0 Å². The van der Waals surface area contributed by atoms with E-state index in [0.29, 0.717) is 6.42 Å². The molecule has 120 valence electrons. The van der Waals surface area contributed by atoms with Gasteiger partial charge in [0.1, 0.15) is 5.41 Å². The van der Waals surface area contributed by atoms with Crippen LogP contribution in [0, 0.1) is 5.41 Å². The zero-order valence-corrected chi connectivity index (χ0v) is 14.2. The summed E-state index contributed by atoms with van der Waals surface area (Å²) in [6.07, 6.45) is 2.17. The Morgan fingerprint density at radius 1 is 0.850 bits per heavy atom. The predicted molar refractivity (Wildman–Crippen MR) is 81.0 cm³/mol. The Bertz CT molecular complexity index is 288. The molecule has 0 saturated carbocycles. The summed E-state index contributed by atoms with van der Waals surface area (Å²) in [5.41, 5.74) is -1.59. The van der Waals surface area contributed by atoms with Crippen LogP contribution in [-0.4, -0.2) is 35.5 Å². The number of aliphatic carboxylic acids is 1. The largest absolute Gasteiger partial charge is 0.481 e. The highest BCUT2D eigenvalue weighted by Gasteiger charge is 2.40. The average molecular weight is 288 g/mol. The maximum atomic E-state index is 11.7. The number of hydrogen-bond donors (Lipinski definition) is 1. The number of carboxylic acids is 1. The number of hydrogen-bond acceptors (Lipinski definition) is 3. The number of ether oxygens (including phenoxy) is 2. The van der Waals surface area contributed by atoms with Gasteiger partial charge in [-0.3, -0.25) is 4.79 Å². The SMILES string of the molecule is CCC(C)(C)OCC(CC)(COC(C)(C)CC)C(=O)O. The van der Waals surface area contributed by atoms with Crippen LogP contribution in [0.4, 0.5) is 0 Å². The molecule has 0 aliphatic rings. The standard InChI is InChI=1S/C16H32O4/c1-8-14(4,5)19-11-16(10-3,13(17)18)12-20-15(6,7)9-2/h8-12H2,1-7H3,(H,17,18). The highest BCUT2D eigenvalue weighted by atomic mass is 16.5. The van der Waals surface area contributed by atoms with Gasteiger partial charge in [-0.1, -0.05) is 20.8 Å². The molecule has 0 heterocycles. The highest BCUT2D eigenvalue weighted by Crippen LogP contribution is 2.29. The van der Waals surface area contributed by atoms with Crippen molar-refractivity contribution in [1.82, 2.24) is 0 Å². The van der Waals surface area contributed by atoms with Gasteiger partial charge < -0.3 is 14.6 Å². The Labute approximate surface area is 123 Å². The van der Waals surface area contributed by atoms with Crippen LogP contribution in [0.3, 0.4) is 0 Å². The molecule has 0 spiro atoms. The van der Waals surface area contributed by atoms with Crippen LogP contribution < -0.4 is 0 Å². The molecule has 0 aliphatic carbocycles. The van der Waals surface area contributed by atoms with Crippen molar-refractivity contribution in [2.24, 2.45) is 5.41 Å². The molecule has 0 aliphatic heterocycles. The second-order valence-electron chi connectivity index (χ2n) is 6.74. The van der Waals surface area contributed by atoms with E-state index < -0.39 is 11.4 Å². The molecule has 1 N–H and O–H groups in total. The van der Waals surface area contributed by atoms with Crippen molar-refractivity contribution in [1.29, 1.82) is 0 Å². The first-order valence-electron chi connectivity index (χ1n) is 7.55. The molecule has 0 bridgehead atoms. The van der Waals surface area contributed by atoms with E-state index >= 15 is 0 Å². The summed E-state index contributed by atoms with van der Waals surface area (Å²) in [4.78, 5) is 11.7. The van der Waals surface area contributed by atoms with Gasteiger partial charge in [0.15, 0.2) is 0 Å². The highest BCUT2D eigenvalue weighted by molar-refractivity contribution is 5.75. The van der Waals surface area contributed by atoms with Crippen molar-refractivity contribution in [3.05, 3.63) is 0 Å². The minimum Gasteiger partial charge on any atom is -0.481 e. The third kappa shape index (κ3) is 5.80. The summed E-state index contributed by atoms with van der Waals surface area (Å²) < 4.78 is 11.7. The van der Waals surface area contributed by atoms with Crippen LogP contribution in [0.25, 0.3) is 0 Å². The maximum Gasteiger partial charge on any atom is 0.314 e. The van der Waals surface area contributed by atoms with Gasteiger partial charge in [-0.25, -0.2) is 0 Å². The molecule has 0 fully saturated rings. The van der Waals surface area contributed by atoms with Gasteiger partial charge in [0.2, 0.25) is 0 Å². The molecule has 4 heteroatoms. The molecule has 0 saturated heterocycles. The third-order valence-corrected chi connectivity index (χ3v) is 4.31. The van der Waals surface area contributed by atoms with Crippen LogP contribution >= 0.6 is 0 Å². The molecule has 0 rings (SSSR count). The normalized spacial score (nSPS) is 13.6. The summed E-state index contributed by atoms with van der Waals surface area (Å²) in [5, 5.41) is 9.60. The Hall–Kier alpha value is -0.610. The predicted octanol–water partition coefficient (Wildman–Crippen LogP) is 3.88. The first-order chi connectivity index (χ1) is 9.04. The minimum absolute atomic E-state index is 0.180. The number of carboxylic acid groups (broad SMARTS) is 1. The van der Waals surface area contributed by atoms with Crippen molar-refractivity contribution in [2.75, 3.05) is 13.2 Å². The second kappa shape index (κ2) is 7.41. The van der Waals surface area contributed by atoms with Gasteiger partial charge in [-0.2, -0.15) is 0 Å². The fourth-order valence-corrected chi connectivity index (χ4v) is 1.39. The van der Waals surface area contributed by atoms with Crippen LogP contribution in [-0.2, 0) is 14.3 Å². The lowest BCUT2D eigenvalue weighted by Gasteiger charge is -2.35. The molecule has 0 atom stereocenters. The first-order valence-corrected chi connectivity index (χ1v) is 7.55. The molecule has 4 nitrogen and oxygen atoms in total. The molecule has 0 amide bonds. The van der Waals surface area contributed by atoms with Crippen LogP contribution in [0.15, 0.2) is 0 Å². The molecule has 0 radical (unpaired) electrons. The fourth-order valence-electron chi connectivity index (χ4n) is 1.39. The van der Waals surface area contributed by atoms with Crippen LogP contribution in [0.1, 0.15) is 67.7 Å². The smallest absolute Gasteiger partial charge is 0.314 e. The van der Waals surface area contributed by atoms with E-state index in [-0.39, 0.29) is 24.4 Å². The van der Waals surface area contributed by atoms with Crippen molar-refractivity contribution < 1.29 is 19.4 Å². The van der Waals surface area contributed by atoms with Crippen molar-refractivity contribution in [3.8, 4) is 0 Å². The van der Waals surface area contributed by atoms with Crippen LogP contribution in [0.2, 0.25) is 0 Å². The number of rotatable bonds is 10. The topological polar surface area (TPSA) is 55.8 Å². The molecule has 0 aromatic carbocycles. The lowest BCUT2D eigenvalue weighted by molar-refractivity contribution is -0.171. The van der Waals surface area contributed by atoms with E-state index in [1.165, 1.54) is 0 Å². The van der Waals surface area contributed by atoms with E-state index in [1.54, 1.807) is 0 Å². The first kappa shape index (κ1) is 19.4. The van der Waals surface area contributed by atoms with Crippen LogP contribution in [0.5, 0.6) is 0 Å². The molecule has 0 unspecified atom stereocenters. The van der Waals surface area contributed by atoms with E-state index in [9.17, 15) is 9.90 Å². The Kier molecular flexibility index (Phi) is 7.19. The van der Waals surface area contributed by atoms with Gasteiger partial charge in [0.05, 0.1) is 24.4 Å². The Morgan fingerprint density at radius 3 is 1.40 bits per heavy atom. The molecule has 0 aromatic heterocycles. The Morgan fingerprint density at radius 2 is 1.20 bits per heavy atom. The quantitative estimate of drug-likeness (QED) is 0.663. The molecule has 20 heavy (non-hydrogen) atoms. The summed E-state index contributed by atoms with van der Waals surface area (Å²) in [7, 11) is 0. The molecule has 0 aromatic rings. The van der Waals surface area contributed by atoms with Crippen molar-refractivity contribution in [2.45, 2.75) is 78.9 Å². The zero-order valence-electron chi connectivity index (χ0n) is 14.2. The van der Waals surface area contributed by atoms with E-state index in [1.807, 2.05) is 48.5 Å². The maximum absolute atomic E-state index is 11.7. The average Bonchev–Trinajstić information content (AvgIpc) is 2.39. The zero-order chi connectivity index (χ0) is 16.0. The molecular formula is C16H32O4. The van der Waals surface area contributed by atoms with E-state index in [0.717, 1.165) is 12.8 Å². The minimum atomic E-state index is -0.973.